The summed E-state index contributed by atoms with van der Waals surface area (Å²) in [5.41, 5.74) is 0.325. The van der Waals surface area contributed by atoms with E-state index in [1.54, 1.807) is 29.4 Å². The zero-order chi connectivity index (χ0) is 21.1. The van der Waals surface area contributed by atoms with Gasteiger partial charge in [0.05, 0.1) is 20.8 Å². The Kier molecular flexibility index (Phi) is 5.67. The molecule has 0 unspecified atom stereocenters. The van der Waals surface area contributed by atoms with Crippen LogP contribution in [0.1, 0.15) is 16.8 Å². The van der Waals surface area contributed by atoms with Gasteiger partial charge in [0.1, 0.15) is 23.5 Å². The lowest BCUT2D eigenvalue weighted by atomic mass is 10.0. The molecule has 3 heterocycles. The van der Waals surface area contributed by atoms with E-state index in [0.717, 1.165) is 10.8 Å². The number of aliphatic hydroxyl groups excluding tert-OH is 1. The molecule has 2 atom stereocenters. The summed E-state index contributed by atoms with van der Waals surface area (Å²) in [4.78, 5) is 22.8. The number of pyridine rings is 2. The largest absolute Gasteiger partial charge is 0.487 e. The van der Waals surface area contributed by atoms with Crippen molar-refractivity contribution in [2.24, 2.45) is 0 Å². The van der Waals surface area contributed by atoms with Crippen LogP contribution in [0.4, 0.5) is 0 Å². The van der Waals surface area contributed by atoms with Gasteiger partial charge >= 0.3 is 0 Å². The zero-order valence-corrected chi connectivity index (χ0v) is 16.8. The molecular formula is C22H23N3O5. The monoisotopic (exact) mass is 409 g/mol. The number of ether oxygens (including phenoxy) is 3. The van der Waals surface area contributed by atoms with Crippen LogP contribution in [0, 0.1) is 0 Å². The second kappa shape index (κ2) is 8.54. The molecule has 30 heavy (non-hydrogen) atoms. The average molecular weight is 409 g/mol. The van der Waals surface area contributed by atoms with Crippen LogP contribution in [-0.2, 0) is 0 Å². The maximum atomic E-state index is 13.0. The van der Waals surface area contributed by atoms with Crippen molar-refractivity contribution in [2.45, 2.75) is 18.6 Å². The number of carbonyl (C=O) groups excluding carboxylic acids is 1. The number of likely N-dealkylation sites (tertiary alicyclic amines) is 1. The van der Waals surface area contributed by atoms with E-state index in [1.807, 2.05) is 24.3 Å². The van der Waals surface area contributed by atoms with E-state index < -0.39 is 12.2 Å². The number of benzene rings is 1. The number of aromatic nitrogens is 2. The molecule has 1 aliphatic rings. The molecule has 8 nitrogen and oxygen atoms in total. The lowest BCUT2D eigenvalue weighted by Crippen LogP contribution is -2.51. The topological polar surface area (TPSA) is 94.0 Å². The highest BCUT2D eigenvalue weighted by Gasteiger charge is 2.33. The van der Waals surface area contributed by atoms with Crippen molar-refractivity contribution in [3.63, 3.8) is 0 Å². The number of fused-ring (bicyclic) bond motifs is 1. The number of piperidine rings is 1. The minimum atomic E-state index is -0.822. The first-order valence-corrected chi connectivity index (χ1v) is 9.66. The highest BCUT2D eigenvalue weighted by atomic mass is 16.5. The molecule has 3 aromatic rings. The first-order chi connectivity index (χ1) is 14.6. The summed E-state index contributed by atoms with van der Waals surface area (Å²) in [6.45, 7) is 0.604. The molecule has 1 fully saturated rings. The molecule has 1 N–H and O–H groups in total. The van der Waals surface area contributed by atoms with E-state index in [1.165, 1.54) is 14.2 Å². The summed E-state index contributed by atoms with van der Waals surface area (Å²) in [5.74, 6) is 0.993. The number of carbonyl (C=O) groups is 1. The van der Waals surface area contributed by atoms with Gasteiger partial charge in [-0.05, 0) is 18.2 Å². The minimum Gasteiger partial charge on any atom is -0.487 e. The third-order valence-electron chi connectivity index (χ3n) is 5.19. The average Bonchev–Trinajstić information content (AvgIpc) is 2.79. The number of hydrogen-bond donors (Lipinski definition) is 1. The van der Waals surface area contributed by atoms with Gasteiger partial charge in [0.2, 0.25) is 11.8 Å². The van der Waals surface area contributed by atoms with E-state index >= 15 is 0 Å². The van der Waals surface area contributed by atoms with Gasteiger partial charge in [-0.15, -0.1) is 0 Å². The zero-order valence-electron chi connectivity index (χ0n) is 16.8. The van der Waals surface area contributed by atoms with Crippen molar-refractivity contribution < 1.29 is 24.1 Å². The Labute approximate surface area is 174 Å². The van der Waals surface area contributed by atoms with Crippen LogP contribution in [0.25, 0.3) is 10.8 Å². The molecule has 1 saturated heterocycles. The van der Waals surface area contributed by atoms with Crippen LogP contribution in [0.2, 0.25) is 0 Å². The third-order valence-corrected chi connectivity index (χ3v) is 5.19. The molecule has 0 bridgehead atoms. The predicted octanol–water partition coefficient (Wildman–Crippen LogP) is 2.30. The molecule has 8 heteroatoms. The number of amides is 1. The van der Waals surface area contributed by atoms with Gasteiger partial charge < -0.3 is 24.2 Å². The Morgan fingerprint density at radius 2 is 2.03 bits per heavy atom. The maximum Gasteiger partial charge on any atom is 0.259 e. The Bertz CT molecular complexity index is 1050. The van der Waals surface area contributed by atoms with Crippen LogP contribution < -0.4 is 14.2 Å². The Hall–Kier alpha value is -3.39. The lowest BCUT2D eigenvalue weighted by molar-refractivity contribution is -0.0194. The molecule has 0 aliphatic carbocycles. The van der Waals surface area contributed by atoms with Crippen LogP contribution in [0.15, 0.2) is 48.8 Å². The van der Waals surface area contributed by atoms with Crippen LogP contribution in [-0.4, -0.2) is 65.4 Å². The van der Waals surface area contributed by atoms with Gasteiger partial charge in [-0.1, -0.05) is 12.1 Å². The van der Waals surface area contributed by atoms with Gasteiger partial charge in [-0.2, -0.15) is 4.98 Å². The van der Waals surface area contributed by atoms with Crippen molar-refractivity contribution in [1.29, 1.82) is 0 Å². The van der Waals surface area contributed by atoms with Crippen molar-refractivity contribution in [2.75, 3.05) is 27.3 Å². The highest BCUT2D eigenvalue weighted by Crippen LogP contribution is 2.29. The summed E-state index contributed by atoms with van der Waals surface area (Å²) in [6.07, 6.45) is 2.75. The minimum absolute atomic E-state index is 0.158. The van der Waals surface area contributed by atoms with Crippen molar-refractivity contribution in [3.05, 3.63) is 54.4 Å². The standard InChI is InChI=1S/C22H23N3O5/c1-28-20-7-6-16(21(24-20)29-2)22(27)25-11-9-19(17(26)13-25)30-18-5-3-4-14-12-23-10-8-15(14)18/h3-8,10,12,17,19,26H,9,11,13H2,1-2H3/t17-,19-/m1/s1. The molecule has 0 spiro atoms. The molecule has 2 aromatic heterocycles. The highest BCUT2D eigenvalue weighted by molar-refractivity contribution is 5.96. The normalized spacial score (nSPS) is 18.8. The van der Waals surface area contributed by atoms with Crippen LogP contribution >= 0.6 is 0 Å². The Balaban J connectivity index is 1.47. The molecule has 1 amide bonds. The van der Waals surface area contributed by atoms with Crippen LogP contribution in [0.3, 0.4) is 0 Å². The SMILES string of the molecule is COc1ccc(C(=O)N2CC[C@@H](Oc3cccc4cnccc34)[C@H](O)C2)c(OC)n1. The van der Waals surface area contributed by atoms with Crippen molar-refractivity contribution in [1.82, 2.24) is 14.9 Å². The number of nitrogens with zero attached hydrogens (tertiary/aromatic N) is 3. The predicted molar refractivity (Wildman–Crippen MR) is 110 cm³/mol. The van der Waals surface area contributed by atoms with E-state index in [-0.39, 0.29) is 18.3 Å². The summed E-state index contributed by atoms with van der Waals surface area (Å²) in [5, 5.41) is 12.6. The van der Waals surface area contributed by atoms with E-state index in [2.05, 4.69) is 9.97 Å². The summed E-state index contributed by atoms with van der Waals surface area (Å²) in [6, 6.07) is 10.8. The van der Waals surface area contributed by atoms with Gasteiger partial charge in [-0.25, -0.2) is 0 Å². The smallest absolute Gasteiger partial charge is 0.259 e. The molecule has 1 aliphatic heterocycles. The van der Waals surface area contributed by atoms with Crippen molar-refractivity contribution >= 4 is 16.7 Å². The first kappa shape index (κ1) is 19.9. The second-order valence-corrected chi connectivity index (χ2v) is 7.03. The second-order valence-electron chi connectivity index (χ2n) is 7.03. The quantitative estimate of drug-likeness (QED) is 0.691. The van der Waals surface area contributed by atoms with E-state index in [4.69, 9.17) is 14.2 Å². The summed E-state index contributed by atoms with van der Waals surface area (Å²) in [7, 11) is 2.95. The summed E-state index contributed by atoms with van der Waals surface area (Å²) >= 11 is 0. The Morgan fingerprint density at radius 1 is 1.17 bits per heavy atom. The molecule has 156 valence electrons. The number of rotatable bonds is 5. The van der Waals surface area contributed by atoms with Crippen LogP contribution in [0.5, 0.6) is 17.5 Å². The molecule has 0 radical (unpaired) electrons. The van der Waals surface area contributed by atoms with Gasteiger partial charge in [0, 0.05) is 42.2 Å². The van der Waals surface area contributed by atoms with E-state index in [9.17, 15) is 9.90 Å². The molecule has 0 saturated carbocycles. The van der Waals surface area contributed by atoms with E-state index in [0.29, 0.717) is 30.2 Å². The number of β-amino-alcohol motifs (C(OH)–C–C–N with tert-alkyl or cyclic N) is 1. The fourth-order valence-corrected chi connectivity index (χ4v) is 3.62. The fourth-order valence-electron chi connectivity index (χ4n) is 3.62. The first-order valence-electron chi connectivity index (χ1n) is 9.66. The third kappa shape index (κ3) is 3.86. The lowest BCUT2D eigenvalue weighted by Gasteiger charge is -2.36. The maximum absolute atomic E-state index is 13.0. The number of methoxy groups -OCH3 is 2. The van der Waals surface area contributed by atoms with Gasteiger partial charge in [0.15, 0.2) is 0 Å². The fraction of sp³-hybridized carbons (Fsp3) is 0.318. The van der Waals surface area contributed by atoms with Crippen molar-refractivity contribution in [3.8, 4) is 17.5 Å². The molecular weight excluding hydrogens is 386 g/mol. The molecule has 1 aromatic carbocycles. The summed E-state index contributed by atoms with van der Waals surface area (Å²) < 4.78 is 16.4. The van der Waals surface area contributed by atoms with Gasteiger partial charge in [0.25, 0.3) is 5.91 Å². The number of aliphatic hydroxyl groups is 1. The molecule has 4 rings (SSSR count). The van der Waals surface area contributed by atoms with Gasteiger partial charge in [-0.3, -0.25) is 9.78 Å². The number of hydrogen-bond acceptors (Lipinski definition) is 7. The Morgan fingerprint density at radius 3 is 2.80 bits per heavy atom.